The Hall–Kier alpha value is -2.02. The van der Waals surface area contributed by atoms with Gasteiger partial charge in [-0.25, -0.2) is 4.39 Å². The molecule has 1 aromatic heterocycles. The summed E-state index contributed by atoms with van der Waals surface area (Å²) in [7, 11) is 0. The summed E-state index contributed by atoms with van der Waals surface area (Å²) in [5.74, 6) is -1.43. The number of carbonyl (C=O) groups excluding carboxylic acids is 2. The standard InChI is InChI=1S/C13H15FN4O2/c14-10-3-9(4-16-5-10)7-17-8-11-6-15-1-2-18(11)13(20)12(17)19/h3-5,11,15H,1-2,6-8H2. The van der Waals surface area contributed by atoms with Gasteiger partial charge in [-0.2, -0.15) is 0 Å². The van der Waals surface area contributed by atoms with Crippen LogP contribution in [0.3, 0.4) is 0 Å². The summed E-state index contributed by atoms with van der Waals surface area (Å²) in [5.41, 5.74) is 0.586. The first kappa shape index (κ1) is 13.0. The zero-order chi connectivity index (χ0) is 14.1. The van der Waals surface area contributed by atoms with Crippen LogP contribution in [0.1, 0.15) is 5.56 Å². The molecule has 3 heterocycles. The molecular weight excluding hydrogens is 263 g/mol. The number of carbonyl (C=O) groups is 2. The van der Waals surface area contributed by atoms with E-state index in [4.69, 9.17) is 0 Å². The number of nitrogens with zero attached hydrogens (tertiary/aromatic N) is 3. The lowest BCUT2D eigenvalue weighted by Gasteiger charge is -2.43. The minimum Gasteiger partial charge on any atom is -0.328 e. The van der Waals surface area contributed by atoms with Crippen molar-refractivity contribution in [2.45, 2.75) is 12.6 Å². The van der Waals surface area contributed by atoms with Crippen LogP contribution in [0.25, 0.3) is 0 Å². The highest BCUT2D eigenvalue weighted by Crippen LogP contribution is 2.16. The summed E-state index contributed by atoms with van der Waals surface area (Å²) in [5, 5.41) is 3.21. The lowest BCUT2D eigenvalue weighted by molar-refractivity contribution is -0.160. The SMILES string of the molecule is O=C1C(=O)N2CCNCC2CN1Cc1cncc(F)c1. The monoisotopic (exact) mass is 278 g/mol. The summed E-state index contributed by atoms with van der Waals surface area (Å²) >= 11 is 0. The van der Waals surface area contributed by atoms with Gasteiger partial charge < -0.3 is 15.1 Å². The maximum atomic E-state index is 13.1. The summed E-state index contributed by atoms with van der Waals surface area (Å²) in [6.07, 6.45) is 2.62. The van der Waals surface area contributed by atoms with E-state index in [2.05, 4.69) is 10.3 Å². The Morgan fingerprint density at radius 3 is 3.00 bits per heavy atom. The zero-order valence-corrected chi connectivity index (χ0v) is 10.9. The largest absolute Gasteiger partial charge is 0.328 e. The average Bonchev–Trinajstić information content (AvgIpc) is 2.45. The number of hydrogen-bond acceptors (Lipinski definition) is 4. The second-order valence-corrected chi connectivity index (χ2v) is 5.05. The average molecular weight is 278 g/mol. The highest BCUT2D eigenvalue weighted by molar-refractivity contribution is 6.35. The molecule has 0 bridgehead atoms. The molecule has 2 aliphatic rings. The molecule has 6 nitrogen and oxygen atoms in total. The smallest absolute Gasteiger partial charge is 0.312 e. The van der Waals surface area contributed by atoms with Crippen molar-refractivity contribution in [3.05, 3.63) is 29.8 Å². The first-order valence-electron chi connectivity index (χ1n) is 6.55. The van der Waals surface area contributed by atoms with Crippen LogP contribution < -0.4 is 5.32 Å². The maximum absolute atomic E-state index is 13.1. The van der Waals surface area contributed by atoms with Gasteiger partial charge in [0.05, 0.1) is 12.2 Å². The molecule has 2 amide bonds. The number of nitrogens with one attached hydrogen (secondary N) is 1. The van der Waals surface area contributed by atoms with Crippen molar-refractivity contribution in [3.63, 3.8) is 0 Å². The summed E-state index contributed by atoms with van der Waals surface area (Å²) < 4.78 is 13.1. The van der Waals surface area contributed by atoms with Gasteiger partial charge in [0, 0.05) is 38.9 Å². The van der Waals surface area contributed by atoms with Crippen LogP contribution >= 0.6 is 0 Å². The first-order valence-corrected chi connectivity index (χ1v) is 6.55. The number of rotatable bonds is 2. The number of piperazine rings is 2. The molecule has 3 rings (SSSR count). The van der Waals surface area contributed by atoms with Crippen molar-refractivity contribution in [2.75, 3.05) is 26.2 Å². The molecule has 2 saturated heterocycles. The number of hydrogen-bond donors (Lipinski definition) is 1. The van der Waals surface area contributed by atoms with E-state index in [1.165, 1.54) is 17.2 Å². The molecule has 0 spiro atoms. The molecule has 2 fully saturated rings. The molecule has 0 radical (unpaired) electrons. The number of amides is 2. The Labute approximate surface area is 115 Å². The fraction of sp³-hybridized carbons (Fsp3) is 0.462. The van der Waals surface area contributed by atoms with Crippen molar-refractivity contribution >= 4 is 11.8 Å². The van der Waals surface area contributed by atoms with Crippen molar-refractivity contribution in [1.29, 1.82) is 0 Å². The van der Waals surface area contributed by atoms with Crippen molar-refractivity contribution in [3.8, 4) is 0 Å². The zero-order valence-electron chi connectivity index (χ0n) is 10.9. The fourth-order valence-electron chi connectivity index (χ4n) is 2.69. The Bertz CT molecular complexity index is 551. The normalized spacial score (nSPS) is 22.9. The quantitative estimate of drug-likeness (QED) is 0.731. The predicted octanol–water partition coefficient (Wildman–Crippen LogP) is -0.637. The van der Waals surface area contributed by atoms with Gasteiger partial charge in [-0.15, -0.1) is 0 Å². The van der Waals surface area contributed by atoms with Crippen molar-refractivity contribution < 1.29 is 14.0 Å². The van der Waals surface area contributed by atoms with E-state index >= 15 is 0 Å². The van der Waals surface area contributed by atoms with Gasteiger partial charge in [0.1, 0.15) is 5.82 Å². The van der Waals surface area contributed by atoms with Gasteiger partial charge in [-0.3, -0.25) is 14.6 Å². The third kappa shape index (κ3) is 2.36. The Morgan fingerprint density at radius 2 is 2.20 bits per heavy atom. The van der Waals surface area contributed by atoms with E-state index < -0.39 is 17.6 Å². The lowest BCUT2D eigenvalue weighted by atomic mass is 10.1. The topological polar surface area (TPSA) is 65.5 Å². The van der Waals surface area contributed by atoms with E-state index in [9.17, 15) is 14.0 Å². The van der Waals surface area contributed by atoms with E-state index in [0.29, 0.717) is 31.7 Å². The van der Waals surface area contributed by atoms with Crippen LogP contribution in [0, 0.1) is 5.82 Å². The summed E-state index contributed by atoms with van der Waals surface area (Å²) in [6, 6.07) is 1.33. The Kier molecular flexibility index (Phi) is 3.35. The molecular formula is C13H15FN4O2. The van der Waals surface area contributed by atoms with Gasteiger partial charge in [-0.05, 0) is 11.6 Å². The fourth-order valence-corrected chi connectivity index (χ4v) is 2.69. The molecule has 0 aromatic carbocycles. The Balaban J connectivity index is 1.76. The van der Waals surface area contributed by atoms with Gasteiger partial charge in [0.2, 0.25) is 0 Å². The second kappa shape index (κ2) is 5.16. The molecule has 106 valence electrons. The van der Waals surface area contributed by atoms with Crippen LogP contribution in [0.5, 0.6) is 0 Å². The minimum atomic E-state index is -0.521. The molecule has 20 heavy (non-hydrogen) atoms. The van der Waals surface area contributed by atoms with Gasteiger partial charge >= 0.3 is 11.8 Å². The molecule has 2 aliphatic heterocycles. The first-order chi connectivity index (χ1) is 9.65. The van der Waals surface area contributed by atoms with E-state index in [0.717, 1.165) is 6.20 Å². The number of fused-ring (bicyclic) bond motifs is 1. The number of pyridine rings is 1. The molecule has 0 aliphatic carbocycles. The molecule has 1 atom stereocenters. The molecule has 7 heteroatoms. The molecule has 1 unspecified atom stereocenters. The van der Waals surface area contributed by atoms with Crippen LogP contribution in [0.2, 0.25) is 0 Å². The van der Waals surface area contributed by atoms with Gasteiger partial charge in [0.25, 0.3) is 0 Å². The Morgan fingerprint density at radius 1 is 1.35 bits per heavy atom. The summed E-state index contributed by atoms with van der Waals surface area (Å²) in [4.78, 5) is 31.0. The lowest BCUT2D eigenvalue weighted by Crippen LogP contribution is -2.65. The van der Waals surface area contributed by atoms with E-state index in [1.54, 1.807) is 4.90 Å². The maximum Gasteiger partial charge on any atom is 0.312 e. The second-order valence-electron chi connectivity index (χ2n) is 5.05. The highest BCUT2D eigenvalue weighted by Gasteiger charge is 2.39. The third-order valence-electron chi connectivity index (χ3n) is 3.65. The van der Waals surface area contributed by atoms with Gasteiger partial charge in [-0.1, -0.05) is 0 Å². The number of halogens is 1. The van der Waals surface area contributed by atoms with Crippen LogP contribution in [0.4, 0.5) is 4.39 Å². The van der Waals surface area contributed by atoms with Gasteiger partial charge in [0.15, 0.2) is 0 Å². The van der Waals surface area contributed by atoms with Crippen LogP contribution in [-0.2, 0) is 16.1 Å². The van der Waals surface area contributed by atoms with Crippen LogP contribution in [0.15, 0.2) is 18.5 Å². The van der Waals surface area contributed by atoms with E-state index in [1.807, 2.05) is 0 Å². The summed E-state index contributed by atoms with van der Waals surface area (Å²) in [6.45, 7) is 2.62. The van der Waals surface area contributed by atoms with Crippen molar-refractivity contribution in [1.82, 2.24) is 20.1 Å². The molecule has 0 saturated carbocycles. The predicted molar refractivity (Wildman–Crippen MR) is 68.0 cm³/mol. The number of aromatic nitrogens is 1. The third-order valence-corrected chi connectivity index (χ3v) is 3.65. The molecule has 1 aromatic rings. The van der Waals surface area contributed by atoms with Crippen molar-refractivity contribution in [2.24, 2.45) is 0 Å². The minimum absolute atomic E-state index is 0.00420. The molecule has 1 N–H and O–H groups in total. The highest BCUT2D eigenvalue weighted by atomic mass is 19.1. The van der Waals surface area contributed by atoms with Crippen LogP contribution in [-0.4, -0.2) is 58.8 Å². The van der Waals surface area contributed by atoms with E-state index in [-0.39, 0.29) is 12.6 Å².